The molecule has 0 aliphatic carbocycles. The molecule has 1 heterocycles. The predicted octanol–water partition coefficient (Wildman–Crippen LogP) is 2.49. The first-order valence-electron chi connectivity index (χ1n) is 5.42. The minimum atomic E-state index is -0.738. The molecule has 1 aliphatic rings. The number of nitrogens with zero attached hydrogens (tertiary/aromatic N) is 1. The molecule has 3 nitrogen and oxygen atoms in total. The van der Waals surface area contributed by atoms with Crippen LogP contribution < -0.4 is 0 Å². The van der Waals surface area contributed by atoms with Crippen LogP contribution in [0.4, 0.5) is 4.39 Å². The quantitative estimate of drug-likeness (QED) is 0.929. The molecule has 0 atom stereocenters. The maximum Gasteiger partial charge on any atom is 0.303 e. The van der Waals surface area contributed by atoms with E-state index < -0.39 is 5.97 Å². The zero-order chi connectivity index (χ0) is 12.4. The van der Waals surface area contributed by atoms with Gasteiger partial charge < -0.3 is 5.11 Å². The Kier molecular flexibility index (Phi) is 3.79. The van der Waals surface area contributed by atoms with Crippen LogP contribution in [-0.2, 0) is 11.3 Å². The molecular formula is C12H13BrFNO2. The van der Waals surface area contributed by atoms with Crippen LogP contribution in [0.15, 0.2) is 22.7 Å². The van der Waals surface area contributed by atoms with Gasteiger partial charge in [0.05, 0.1) is 6.42 Å². The smallest absolute Gasteiger partial charge is 0.303 e. The van der Waals surface area contributed by atoms with E-state index in [1.807, 2.05) is 0 Å². The minimum absolute atomic E-state index is 0.237. The van der Waals surface area contributed by atoms with Gasteiger partial charge in [-0.15, -0.1) is 0 Å². The number of likely N-dealkylation sites (tertiary alicyclic amines) is 1. The van der Waals surface area contributed by atoms with Crippen molar-refractivity contribution in [3.8, 4) is 0 Å². The Morgan fingerprint density at radius 3 is 2.82 bits per heavy atom. The minimum Gasteiger partial charge on any atom is -0.481 e. The first-order chi connectivity index (χ1) is 8.04. The summed E-state index contributed by atoms with van der Waals surface area (Å²) < 4.78 is 13.6. The molecule has 1 N–H and O–H groups in total. The summed E-state index contributed by atoms with van der Waals surface area (Å²) in [5.74, 6) is -0.739. The number of aliphatic carboxylic acids is 1. The van der Waals surface area contributed by atoms with Crippen LogP contribution in [0.2, 0.25) is 0 Å². The Hall–Kier alpha value is -0.940. The number of carboxylic acids is 1. The lowest BCUT2D eigenvalue weighted by molar-refractivity contribution is -0.139. The largest absolute Gasteiger partial charge is 0.481 e. The Bertz CT molecular complexity index is 433. The van der Waals surface area contributed by atoms with Crippen molar-refractivity contribution in [1.29, 1.82) is 0 Å². The molecule has 1 aromatic carbocycles. The van der Waals surface area contributed by atoms with E-state index >= 15 is 0 Å². The summed E-state index contributed by atoms with van der Waals surface area (Å²) in [6.07, 6.45) is 0.237. The first kappa shape index (κ1) is 12.5. The molecule has 0 unspecified atom stereocenters. The maximum atomic E-state index is 12.9. The van der Waals surface area contributed by atoms with Gasteiger partial charge in [0.15, 0.2) is 0 Å². The first-order valence-corrected chi connectivity index (χ1v) is 6.22. The third-order valence-electron chi connectivity index (χ3n) is 2.91. The van der Waals surface area contributed by atoms with Gasteiger partial charge >= 0.3 is 5.97 Å². The fourth-order valence-corrected chi connectivity index (χ4v) is 2.55. The van der Waals surface area contributed by atoms with Crippen molar-refractivity contribution in [3.63, 3.8) is 0 Å². The summed E-state index contributed by atoms with van der Waals surface area (Å²) in [5, 5.41) is 8.63. The number of halogens is 2. The number of hydrogen-bond donors (Lipinski definition) is 1. The van der Waals surface area contributed by atoms with Gasteiger partial charge in [-0.1, -0.05) is 22.0 Å². The predicted molar refractivity (Wildman–Crippen MR) is 65.1 cm³/mol. The molecule has 0 saturated carbocycles. The van der Waals surface area contributed by atoms with Crippen molar-refractivity contribution in [2.75, 3.05) is 13.1 Å². The second-order valence-corrected chi connectivity index (χ2v) is 5.25. The summed E-state index contributed by atoms with van der Waals surface area (Å²) in [6.45, 7) is 2.34. The highest BCUT2D eigenvalue weighted by molar-refractivity contribution is 9.10. The van der Waals surface area contributed by atoms with E-state index in [1.54, 1.807) is 6.07 Å². The normalized spacial score (nSPS) is 16.8. The summed E-state index contributed by atoms with van der Waals surface area (Å²) in [5.41, 5.74) is 1.03. The molecule has 0 amide bonds. The average Bonchev–Trinajstić information content (AvgIpc) is 2.17. The second kappa shape index (κ2) is 5.14. The number of rotatable bonds is 4. The van der Waals surface area contributed by atoms with Gasteiger partial charge in [0.25, 0.3) is 0 Å². The molecule has 0 bridgehead atoms. The summed E-state index contributed by atoms with van der Waals surface area (Å²) >= 11 is 3.32. The Morgan fingerprint density at radius 1 is 1.53 bits per heavy atom. The molecule has 0 spiro atoms. The van der Waals surface area contributed by atoms with E-state index in [1.165, 1.54) is 12.1 Å². The standard InChI is InChI=1S/C12H13BrFNO2/c13-11-4-10(14)2-1-9(11)7-15-5-8(6-15)3-12(16)17/h1-2,4,8H,3,5-7H2,(H,16,17). The Labute approximate surface area is 107 Å². The maximum absolute atomic E-state index is 12.9. The topological polar surface area (TPSA) is 40.5 Å². The second-order valence-electron chi connectivity index (χ2n) is 4.39. The Balaban J connectivity index is 1.85. The summed E-state index contributed by atoms with van der Waals surface area (Å²) in [7, 11) is 0. The molecule has 92 valence electrons. The van der Waals surface area contributed by atoms with E-state index in [-0.39, 0.29) is 18.2 Å². The van der Waals surface area contributed by atoms with Crippen molar-refractivity contribution in [2.24, 2.45) is 5.92 Å². The van der Waals surface area contributed by atoms with Gasteiger partial charge in [0.1, 0.15) is 5.82 Å². The van der Waals surface area contributed by atoms with Crippen LogP contribution in [0, 0.1) is 11.7 Å². The molecule has 1 aromatic rings. The molecule has 1 aliphatic heterocycles. The van der Waals surface area contributed by atoms with Crippen molar-refractivity contribution in [1.82, 2.24) is 4.90 Å². The summed E-state index contributed by atoms with van der Waals surface area (Å²) in [6, 6.07) is 4.64. The van der Waals surface area contributed by atoms with E-state index in [4.69, 9.17) is 5.11 Å². The van der Waals surface area contributed by atoms with E-state index in [2.05, 4.69) is 20.8 Å². The average molecular weight is 302 g/mol. The molecule has 5 heteroatoms. The highest BCUT2D eigenvalue weighted by Crippen LogP contribution is 2.25. The van der Waals surface area contributed by atoms with E-state index in [0.717, 1.165) is 29.7 Å². The lowest BCUT2D eigenvalue weighted by atomic mass is 9.96. The molecule has 0 radical (unpaired) electrons. The van der Waals surface area contributed by atoms with Crippen molar-refractivity contribution >= 4 is 21.9 Å². The molecule has 0 aromatic heterocycles. The number of carbonyl (C=O) groups is 1. The summed E-state index contributed by atoms with van der Waals surface area (Å²) in [4.78, 5) is 12.6. The van der Waals surface area contributed by atoms with Crippen LogP contribution in [0.1, 0.15) is 12.0 Å². The fraction of sp³-hybridized carbons (Fsp3) is 0.417. The molecule has 2 rings (SSSR count). The van der Waals surface area contributed by atoms with Crippen LogP contribution in [0.3, 0.4) is 0 Å². The van der Waals surface area contributed by atoms with Crippen molar-refractivity contribution in [2.45, 2.75) is 13.0 Å². The van der Waals surface area contributed by atoms with Crippen LogP contribution in [0.5, 0.6) is 0 Å². The van der Waals surface area contributed by atoms with Crippen LogP contribution in [0.25, 0.3) is 0 Å². The van der Waals surface area contributed by atoms with Gasteiger partial charge in [-0.2, -0.15) is 0 Å². The van der Waals surface area contributed by atoms with E-state index in [9.17, 15) is 9.18 Å². The Morgan fingerprint density at radius 2 is 2.24 bits per heavy atom. The molecule has 17 heavy (non-hydrogen) atoms. The van der Waals surface area contributed by atoms with Crippen LogP contribution in [-0.4, -0.2) is 29.1 Å². The molecule has 1 saturated heterocycles. The third kappa shape index (κ3) is 3.26. The van der Waals surface area contributed by atoms with Gasteiger partial charge in [-0.25, -0.2) is 4.39 Å². The van der Waals surface area contributed by atoms with Crippen LogP contribution >= 0.6 is 15.9 Å². The lowest BCUT2D eigenvalue weighted by Gasteiger charge is -2.38. The van der Waals surface area contributed by atoms with Gasteiger partial charge in [0.2, 0.25) is 0 Å². The van der Waals surface area contributed by atoms with E-state index in [0.29, 0.717) is 0 Å². The van der Waals surface area contributed by atoms with Crippen molar-refractivity contribution < 1.29 is 14.3 Å². The molecule has 1 fully saturated rings. The SMILES string of the molecule is O=C(O)CC1CN(Cc2ccc(F)cc2Br)C1. The lowest BCUT2D eigenvalue weighted by Crippen LogP contribution is -2.46. The van der Waals surface area contributed by atoms with Gasteiger partial charge in [-0.3, -0.25) is 9.69 Å². The monoisotopic (exact) mass is 301 g/mol. The number of carboxylic acid groups (broad SMARTS) is 1. The zero-order valence-corrected chi connectivity index (χ0v) is 10.8. The fourth-order valence-electron chi connectivity index (χ4n) is 2.07. The number of hydrogen-bond acceptors (Lipinski definition) is 2. The van der Waals surface area contributed by atoms with Gasteiger partial charge in [-0.05, 0) is 23.6 Å². The highest BCUT2D eigenvalue weighted by Gasteiger charge is 2.28. The van der Waals surface area contributed by atoms with Gasteiger partial charge in [0, 0.05) is 24.1 Å². The van der Waals surface area contributed by atoms with Crippen molar-refractivity contribution in [3.05, 3.63) is 34.1 Å². The third-order valence-corrected chi connectivity index (χ3v) is 3.64. The number of benzene rings is 1. The zero-order valence-electron chi connectivity index (χ0n) is 9.20. The highest BCUT2D eigenvalue weighted by atomic mass is 79.9. The molecular weight excluding hydrogens is 289 g/mol.